The van der Waals surface area contributed by atoms with Crippen LogP contribution >= 0.6 is 0 Å². The maximum absolute atomic E-state index is 12.3. The first-order valence-corrected chi connectivity index (χ1v) is 8.36. The number of aromatic nitrogens is 2. The summed E-state index contributed by atoms with van der Waals surface area (Å²) < 4.78 is 10.1. The van der Waals surface area contributed by atoms with Crippen LogP contribution < -0.4 is 15.8 Å². The van der Waals surface area contributed by atoms with E-state index in [0.717, 1.165) is 18.6 Å². The molecule has 0 aliphatic carbocycles. The van der Waals surface area contributed by atoms with Gasteiger partial charge in [-0.25, -0.2) is 4.79 Å². The van der Waals surface area contributed by atoms with E-state index < -0.39 is 5.91 Å². The number of urea groups is 1. The molecule has 3 rings (SSSR count). The van der Waals surface area contributed by atoms with Crippen molar-refractivity contribution in [3.8, 4) is 5.75 Å². The van der Waals surface area contributed by atoms with Crippen molar-refractivity contribution in [2.75, 3.05) is 20.2 Å². The lowest BCUT2D eigenvalue weighted by Gasteiger charge is -2.32. The molecule has 1 aliphatic heterocycles. The molecule has 0 radical (unpaired) electrons. The first-order chi connectivity index (χ1) is 12.6. The summed E-state index contributed by atoms with van der Waals surface area (Å²) in [7, 11) is 1.67. The zero-order valence-corrected chi connectivity index (χ0v) is 14.5. The Hall–Kier alpha value is -3.10. The SMILES string of the molecule is COc1ccccc1C1CCN(C(=O)NCc2noc(C(N)=O)n2)CC1. The third-order valence-electron chi connectivity index (χ3n) is 4.44. The van der Waals surface area contributed by atoms with Crippen LogP contribution in [0.5, 0.6) is 5.75 Å². The lowest BCUT2D eigenvalue weighted by Crippen LogP contribution is -2.44. The molecule has 9 nitrogen and oxygen atoms in total. The summed E-state index contributed by atoms with van der Waals surface area (Å²) in [6, 6.07) is 7.79. The number of methoxy groups -OCH3 is 1. The maximum Gasteiger partial charge on any atom is 0.317 e. The number of amides is 3. The van der Waals surface area contributed by atoms with Crippen LogP contribution in [0.4, 0.5) is 4.79 Å². The zero-order chi connectivity index (χ0) is 18.5. The van der Waals surface area contributed by atoms with E-state index in [1.54, 1.807) is 12.0 Å². The van der Waals surface area contributed by atoms with Crippen molar-refractivity contribution in [2.45, 2.75) is 25.3 Å². The topological polar surface area (TPSA) is 124 Å². The van der Waals surface area contributed by atoms with Crippen molar-refractivity contribution >= 4 is 11.9 Å². The van der Waals surface area contributed by atoms with Gasteiger partial charge in [-0.05, 0) is 30.4 Å². The van der Waals surface area contributed by atoms with Gasteiger partial charge in [0.2, 0.25) is 0 Å². The van der Waals surface area contributed by atoms with Gasteiger partial charge >= 0.3 is 17.8 Å². The molecule has 138 valence electrons. The average molecular weight is 359 g/mol. The highest BCUT2D eigenvalue weighted by Gasteiger charge is 2.25. The molecular formula is C17H21N5O4. The van der Waals surface area contributed by atoms with E-state index in [0.29, 0.717) is 19.0 Å². The Morgan fingerprint density at radius 2 is 2.08 bits per heavy atom. The van der Waals surface area contributed by atoms with Crippen molar-refractivity contribution in [1.82, 2.24) is 20.4 Å². The van der Waals surface area contributed by atoms with Crippen molar-refractivity contribution in [3.63, 3.8) is 0 Å². The van der Waals surface area contributed by atoms with Crippen LogP contribution in [-0.4, -0.2) is 47.2 Å². The Bertz CT molecular complexity index is 783. The van der Waals surface area contributed by atoms with Gasteiger partial charge in [-0.15, -0.1) is 0 Å². The van der Waals surface area contributed by atoms with E-state index in [9.17, 15) is 9.59 Å². The number of nitrogens with one attached hydrogen (secondary N) is 1. The molecule has 1 saturated heterocycles. The van der Waals surface area contributed by atoms with Crippen LogP contribution in [0.25, 0.3) is 0 Å². The molecule has 1 aromatic carbocycles. The molecule has 0 spiro atoms. The zero-order valence-electron chi connectivity index (χ0n) is 14.5. The minimum atomic E-state index is -0.798. The molecule has 2 aromatic rings. The Labute approximate surface area is 150 Å². The minimum Gasteiger partial charge on any atom is -0.496 e. The highest BCUT2D eigenvalue weighted by molar-refractivity contribution is 5.87. The lowest BCUT2D eigenvalue weighted by molar-refractivity contribution is 0.0958. The number of para-hydroxylation sites is 1. The van der Waals surface area contributed by atoms with Gasteiger partial charge in [0.1, 0.15) is 5.75 Å². The van der Waals surface area contributed by atoms with Gasteiger partial charge in [-0.1, -0.05) is 23.4 Å². The van der Waals surface area contributed by atoms with Crippen molar-refractivity contribution < 1.29 is 18.8 Å². The molecule has 26 heavy (non-hydrogen) atoms. The van der Waals surface area contributed by atoms with Crippen LogP contribution in [0.1, 0.15) is 40.8 Å². The Morgan fingerprint density at radius 3 is 2.73 bits per heavy atom. The minimum absolute atomic E-state index is 0.0715. The second-order valence-corrected chi connectivity index (χ2v) is 6.04. The maximum atomic E-state index is 12.3. The molecule has 3 N–H and O–H groups in total. The molecule has 0 atom stereocenters. The standard InChI is InChI=1S/C17H21N5O4/c1-25-13-5-3-2-4-12(13)11-6-8-22(9-7-11)17(24)19-10-14-20-16(15(18)23)26-21-14/h2-5,11H,6-10H2,1H3,(H2,18,23)(H,19,24). The van der Waals surface area contributed by atoms with Gasteiger partial charge in [0.15, 0.2) is 5.82 Å². The summed E-state index contributed by atoms with van der Waals surface area (Å²) in [5.74, 6) is 0.389. The Kier molecular flexibility index (Phi) is 5.35. The highest BCUT2D eigenvalue weighted by atomic mass is 16.5. The fraction of sp³-hybridized carbons (Fsp3) is 0.412. The summed E-state index contributed by atoms with van der Waals surface area (Å²) in [5, 5.41) is 6.31. The van der Waals surface area contributed by atoms with Crippen molar-refractivity contribution in [1.29, 1.82) is 0 Å². The predicted molar refractivity (Wildman–Crippen MR) is 91.6 cm³/mol. The number of primary amides is 1. The number of ether oxygens (including phenoxy) is 1. The Morgan fingerprint density at radius 1 is 1.35 bits per heavy atom. The molecule has 9 heteroatoms. The van der Waals surface area contributed by atoms with Crippen molar-refractivity contribution in [3.05, 3.63) is 41.5 Å². The third kappa shape index (κ3) is 3.93. The van der Waals surface area contributed by atoms with Gasteiger partial charge < -0.3 is 25.2 Å². The molecule has 0 saturated carbocycles. The van der Waals surface area contributed by atoms with Crippen LogP contribution in [-0.2, 0) is 6.54 Å². The van der Waals surface area contributed by atoms with Gasteiger partial charge in [0.25, 0.3) is 0 Å². The largest absolute Gasteiger partial charge is 0.496 e. The number of hydrogen-bond donors (Lipinski definition) is 2. The molecule has 2 heterocycles. The number of benzene rings is 1. The lowest BCUT2D eigenvalue weighted by atomic mass is 9.89. The summed E-state index contributed by atoms with van der Waals surface area (Å²) >= 11 is 0. The fourth-order valence-corrected chi connectivity index (χ4v) is 3.09. The van der Waals surface area contributed by atoms with E-state index in [4.69, 9.17) is 10.5 Å². The number of nitrogens with zero attached hydrogens (tertiary/aromatic N) is 3. The normalized spacial score (nSPS) is 14.9. The summed E-state index contributed by atoms with van der Waals surface area (Å²) in [6.45, 7) is 1.36. The first kappa shape index (κ1) is 17.7. The van der Waals surface area contributed by atoms with E-state index >= 15 is 0 Å². The monoisotopic (exact) mass is 359 g/mol. The predicted octanol–water partition coefficient (Wildman–Crippen LogP) is 1.27. The van der Waals surface area contributed by atoms with Gasteiger partial charge in [0.05, 0.1) is 13.7 Å². The molecule has 1 aromatic heterocycles. The number of carbonyl (C=O) groups is 2. The van der Waals surface area contributed by atoms with Crippen molar-refractivity contribution in [2.24, 2.45) is 5.73 Å². The molecule has 0 bridgehead atoms. The summed E-state index contributed by atoms with van der Waals surface area (Å²) in [5.41, 5.74) is 6.22. The van der Waals surface area contributed by atoms with E-state index in [1.807, 2.05) is 18.2 Å². The number of nitrogens with two attached hydrogens (primary N) is 1. The second kappa shape index (κ2) is 7.85. The van der Waals surface area contributed by atoms with Gasteiger partial charge in [-0.3, -0.25) is 4.79 Å². The van der Waals surface area contributed by atoms with Crippen LogP contribution in [0.2, 0.25) is 0 Å². The number of likely N-dealkylation sites (tertiary alicyclic amines) is 1. The number of piperidine rings is 1. The summed E-state index contributed by atoms with van der Waals surface area (Å²) in [6.07, 6.45) is 1.73. The first-order valence-electron chi connectivity index (χ1n) is 8.36. The highest BCUT2D eigenvalue weighted by Crippen LogP contribution is 2.33. The fourth-order valence-electron chi connectivity index (χ4n) is 3.09. The third-order valence-corrected chi connectivity index (χ3v) is 4.44. The smallest absolute Gasteiger partial charge is 0.317 e. The molecule has 0 unspecified atom stereocenters. The quantitative estimate of drug-likeness (QED) is 0.828. The summed E-state index contributed by atoms with van der Waals surface area (Å²) in [4.78, 5) is 28.8. The van der Waals surface area contributed by atoms with Gasteiger partial charge in [0, 0.05) is 13.1 Å². The number of rotatable bonds is 5. The van der Waals surface area contributed by atoms with Crippen LogP contribution in [0.3, 0.4) is 0 Å². The van der Waals surface area contributed by atoms with Crippen LogP contribution in [0, 0.1) is 0 Å². The van der Waals surface area contributed by atoms with Crippen LogP contribution in [0.15, 0.2) is 28.8 Å². The molecule has 1 fully saturated rings. The molecule has 1 aliphatic rings. The number of hydrogen-bond acceptors (Lipinski definition) is 6. The second-order valence-electron chi connectivity index (χ2n) is 6.04. The Balaban J connectivity index is 1.51. The average Bonchev–Trinajstić information content (AvgIpc) is 3.15. The van der Waals surface area contributed by atoms with E-state index in [1.165, 1.54) is 5.56 Å². The molecular weight excluding hydrogens is 338 g/mol. The molecule has 3 amide bonds. The van der Waals surface area contributed by atoms with E-state index in [-0.39, 0.29) is 24.3 Å². The van der Waals surface area contributed by atoms with E-state index in [2.05, 4.69) is 26.0 Å². The van der Waals surface area contributed by atoms with Gasteiger partial charge in [-0.2, -0.15) is 4.98 Å². The number of carbonyl (C=O) groups excluding carboxylic acids is 2.